The van der Waals surface area contributed by atoms with Crippen LogP contribution >= 0.6 is 0 Å². The highest BCUT2D eigenvalue weighted by molar-refractivity contribution is 5.94. The van der Waals surface area contributed by atoms with Gasteiger partial charge in [0, 0.05) is 44.8 Å². The molecule has 1 N–H and O–H groups in total. The Kier molecular flexibility index (Phi) is 5.43. The summed E-state index contributed by atoms with van der Waals surface area (Å²) in [5.41, 5.74) is 1.63. The number of likely N-dealkylation sites (tertiary alicyclic amines) is 2. The molecule has 148 valence electrons. The number of piperidine rings is 1. The molecule has 28 heavy (non-hydrogen) atoms. The number of benzene rings is 1. The zero-order valence-corrected chi connectivity index (χ0v) is 16.1. The summed E-state index contributed by atoms with van der Waals surface area (Å²) in [7, 11) is 0. The predicted octanol–water partition coefficient (Wildman–Crippen LogP) is 1.84. The molecule has 0 aliphatic carbocycles. The van der Waals surface area contributed by atoms with Gasteiger partial charge in [-0.05, 0) is 25.3 Å². The van der Waals surface area contributed by atoms with Gasteiger partial charge in [0.05, 0.1) is 5.92 Å². The minimum Gasteiger partial charge on any atom is -0.361 e. The number of hydrogen-bond acceptors (Lipinski definition) is 5. The Bertz CT molecular complexity index is 821. The van der Waals surface area contributed by atoms with E-state index >= 15 is 0 Å². The number of carbonyl (C=O) groups is 2. The van der Waals surface area contributed by atoms with E-state index in [0.29, 0.717) is 24.5 Å². The van der Waals surface area contributed by atoms with Crippen LogP contribution in [0, 0.1) is 12.8 Å². The van der Waals surface area contributed by atoms with E-state index in [1.807, 2.05) is 6.07 Å². The van der Waals surface area contributed by atoms with Gasteiger partial charge in [0.25, 0.3) is 5.91 Å². The fraction of sp³-hybridized carbons (Fsp3) is 0.476. The Labute approximate surface area is 164 Å². The molecule has 2 saturated heterocycles. The van der Waals surface area contributed by atoms with Crippen molar-refractivity contribution in [1.82, 2.24) is 20.3 Å². The molecule has 0 atom stereocenters. The summed E-state index contributed by atoms with van der Waals surface area (Å²) in [5, 5.41) is 6.92. The molecule has 0 radical (unpaired) electrons. The summed E-state index contributed by atoms with van der Waals surface area (Å²) in [4.78, 5) is 28.8. The van der Waals surface area contributed by atoms with Crippen molar-refractivity contribution in [2.75, 3.05) is 26.2 Å². The summed E-state index contributed by atoms with van der Waals surface area (Å²) in [6.07, 6.45) is 1.93. The van der Waals surface area contributed by atoms with Crippen LogP contribution in [0.5, 0.6) is 0 Å². The quantitative estimate of drug-likeness (QED) is 0.854. The van der Waals surface area contributed by atoms with Gasteiger partial charge in [-0.2, -0.15) is 0 Å². The SMILES string of the molecule is Cc1cc(C(=O)N2CC(C(=O)NC3CCN(Cc4ccccc4)CC3)C2)no1. The topological polar surface area (TPSA) is 78.7 Å². The number of nitrogens with one attached hydrogen (secondary N) is 1. The zero-order chi connectivity index (χ0) is 19.5. The van der Waals surface area contributed by atoms with E-state index in [9.17, 15) is 9.59 Å². The molecule has 0 bridgehead atoms. The van der Waals surface area contributed by atoms with Crippen LogP contribution in [-0.2, 0) is 11.3 Å². The third-order valence-electron chi connectivity index (χ3n) is 5.57. The predicted molar refractivity (Wildman–Crippen MR) is 104 cm³/mol. The third-order valence-corrected chi connectivity index (χ3v) is 5.57. The minimum atomic E-state index is -0.171. The lowest BCUT2D eigenvalue weighted by atomic mass is 9.96. The van der Waals surface area contributed by atoms with Crippen molar-refractivity contribution >= 4 is 11.8 Å². The Morgan fingerprint density at radius 1 is 1.18 bits per heavy atom. The maximum atomic E-state index is 12.5. The van der Waals surface area contributed by atoms with Crippen LogP contribution in [-0.4, -0.2) is 59.0 Å². The molecule has 1 aromatic carbocycles. The van der Waals surface area contributed by atoms with E-state index in [4.69, 9.17) is 4.52 Å². The maximum absolute atomic E-state index is 12.5. The van der Waals surface area contributed by atoms with Crippen LogP contribution in [0.25, 0.3) is 0 Å². The Morgan fingerprint density at radius 2 is 1.89 bits per heavy atom. The molecular formula is C21H26N4O3. The van der Waals surface area contributed by atoms with Gasteiger partial charge in [-0.1, -0.05) is 35.5 Å². The molecule has 2 aliphatic heterocycles. The standard InChI is InChI=1S/C21H26N4O3/c1-15-11-19(23-28-15)21(27)25-13-17(14-25)20(26)22-18-7-9-24(10-8-18)12-16-5-3-2-4-6-16/h2-6,11,17-18H,7-10,12-14H2,1H3,(H,22,26). The number of aryl methyl sites for hydroxylation is 1. The first-order valence-electron chi connectivity index (χ1n) is 9.88. The molecule has 3 heterocycles. The lowest BCUT2D eigenvalue weighted by Crippen LogP contribution is -2.57. The molecule has 2 aromatic rings. The Hall–Kier alpha value is -2.67. The molecule has 2 amide bonds. The van der Waals surface area contributed by atoms with Gasteiger partial charge in [-0.15, -0.1) is 0 Å². The van der Waals surface area contributed by atoms with Gasteiger partial charge >= 0.3 is 0 Å². The second-order valence-electron chi connectivity index (χ2n) is 7.77. The normalized spacial score (nSPS) is 18.7. The lowest BCUT2D eigenvalue weighted by molar-refractivity contribution is -0.130. The maximum Gasteiger partial charge on any atom is 0.276 e. The first-order valence-corrected chi connectivity index (χ1v) is 9.88. The van der Waals surface area contributed by atoms with E-state index in [1.54, 1.807) is 17.9 Å². The van der Waals surface area contributed by atoms with E-state index in [0.717, 1.165) is 32.5 Å². The van der Waals surface area contributed by atoms with Gasteiger partial charge in [-0.25, -0.2) is 0 Å². The number of aromatic nitrogens is 1. The molecule has 4 rings (SSSR count). The average Bonchev–Trinajstić information content (AvgIpc) is 3.09. The first kappa shape index (κ1) is 18.7. The summed E-state index contributed by atoms with van der Waals surface area (Å²) >= 11 is 0. The average molecular weight is 382 g/mol. The zero-order valence-electron chi connectivity index (χ0n) is 16.1. The fourth-order valence-electron chi connectivity index (χ4n) is 3.84. The van der Waals surface area contributed by atoms with E-state index in [2.05, 4.69) is 39.6 Å². The highest BCUT2D eigenvalue weighted by atomic mass is 16.5. The van der Waals surface area contributed by atoms with Crippen LogP contribution in [0.4, 0.5) is 0 Å². The van der Waals surface area contributed by atoms with Crippen molar-refractivity contribution in [2.45, 2.75) is 32.4 Å². The van der Waals surface area contributed by atoms with E-state index in [1.165, 1.54) is 5.56 Å². The third kappa shape index (κ3) is 4.25. The van der Waals surface area contributed by atoms with Crippen molar-refractivity contribution in [3.8, 4) is 0 Å². The van der Waals surface area contributed by atoms with Gasteiger partial charge < -0.3 is 14.7 Å². The van der Waals surface area contributed by atoms with Crippen LogP contribution in [0.2, 0.25) is 0 Å². The van der Waals surface area contributed by atoms with Crippen molar-refractivity contribution in [1.29, 1.82) is 0 Å². The number of amides is 2. The van der Waals surface area contributed by atoms with Gasteiger partial charge in [0.15, 0.2) is 5.69 Å². The van der Waals surface area contributed by atoms with Crippen LogP contribution in [0.1, 0.15) is 34.7 Å². The van der Waals surface area contributed by atoms with Crippen LogP contribution in [0.15, 0.2) is 40.9 Å². The molecule has 0 unspecified atom stereocenters. The number of rotatable bonds is 5. The van der Waals surface area contributed by atoms with E-state index < -0.39 is 0 Å². The molecule has 0 saturated carbocycles. The van der Waals surface area contributed by atoms with Gasteiger partial charge in [0.2, 0.25) is 5.91 Å². The summed E-state index contributed by atoms with van der Waals surface area (Å²) in [6.45, 7) is 5.58. The number of carbonyl (C=O) groups excluding carboxylic acids is 2. The van der Waals surface area contributed by atoms with Crippen molar-refractivity contribution in [3.05, 3.63) is 53.4 Å². The molecule has 2 aliphatic rings. The molecule has 0 spiro atoms. The second kappa shape index (κ2) is 8.14. The Balaban J connectivity index is 1.18. The second-order valence-corrected chi connectivity index (χ2v) is 7.77. The largest absolute Gasteiger partial charge is 0.361 e. The summed E-state index contributed by atoms with van der Waals surface area (Å²) < 4.78 is 4.94. The monoisotopic (exact) mass is 382 g/mol. The molecular weight excluding hydrogens is 356 g/mol. The first-order chi connectivity index (χ1) is 13.6. The summed E-state index contributed by atoms with van der Waals surface area (Å²) in [5.74, 6) is 0.369. The fourth-order valence-corrected chi connectivity index (χ4v) is 3.84. The number of nitrogens with zero attached hydrogens (tertiary/aromatic N) is 3. The van der Waals surface area contributed by atoms with Crippen molar-refractivity contribution in [2.24, 2.45) is 5.92 Å². The minimum absolute atomic E-state index is 0.0573. The highest BCUT2D eigenvalue weighted by Crippen LogP contribution is 2.20. The van der Waals surface area contributed by atoms with Gasteiger partial charge in [0.1, 0.15) is 5.76 Å². The molecule has 7 heteroatoms. The smallest absolute Gasteiger partial charge is 0.276 e. The summed E-state index contributed by atoms with van der Waals surface area (Å²) in [6, 6.07) is 12.3. The number of hydrogen-bond donors (Lipinski definition) is 1. The van der Waals surface area contributed by atoms with E-state index in [-0.39, 0.29) is 23.8 Å². The Morgan fingerprint density at radius 3 is 2.54 bits per heavy atom. The molecule has 2 fully saturated rings. The molecule has 7 nitrogen and oxygen atoms in total. The van der Waals surface area contributed by atoms with Gasteiger partial charge in [-0.3, -0.25) is 14.5 Å². The van der Waals surface area contributed by atoms with Crippen LogP contribution in [0.3, 0.4) is 0 Å². The van der Waals surface area contributed by atoms with Crippen molar-refractivity contribution < 1.29 is 14.1 Å². The van der Waals surface area contributed by atoms with Crippen molar-refractivity contribution in [3.63, 3.8) is 0 Å². The lowest BCUT2D eigenvalue weighted by Gasteiger charge is -2.39. The highest BCUT2D eigenvalue weighted by Gasteiger charge is 2.37. The molecule has 1 aromatic heterocycles. The van der Waals surface area contributed by atoms with Crippen LogP contribution < -0.4 is 5.32 Å².